The first-order valence-electron chi connectivity index (χ1n) is 5.17. The fourth-order valence-electron chi connectivity index (χ4n) is 1.71. The van der Waals surface area contributed by atoms with Crippen LogP contribution < -0.4 is 0 Å². The summed E-state index contributed by atoms with van der Waals surface area (Å²) in [7, 11) is 1.67. The molecule has 3 nitrogen and oxygen atoms in total. The molecule has 16 heavy (non-hydrogen) atoms. The number of ether oxygens (including phenoxy) is 1. The highest BCUT2D eigenvalue weighted by molar-refractivity contribution is 9.10. The van der Waals surface area contributed by atoms with E-state index in [1.54, 1.807) is 7.11 Å². The van der Waals surface area contributed by atoms with Gasteiger partial charge in [-0.05, 0) is 40.9 Å². The predicted molar refractivity (Wildman–Crippen MR) is 66.8 cm³/mol. The van der Waals surface area contributed by atoms with Crippen LogP contribution in [0.2, 0.25) is 0 Å². The smallest absolute Gasteiger partial charge is 0.197 e. The Labute approximate surface area is 103 Å². The zero-order valence-corrected chi connectivity index (χ0v) is 11.2. The van der Waals surface area contributed by atoms with Gasteiger partial charge in [-0.1, -0.05) is 6.07 Å². The first-order chi connectivity index (χ1) is 7.63. The molecule has 0 amide bonds. The first-order valence-corrected chi connectivity index (χ1v) is 5.97. The van der Waals surface area contributed by atoms with Crippen LogP contribution in [0.25, 0.3) is 11.1 Å². The van der Waals surface area contributed by atoms with Crippen LogP contribution in [-0.4, -0.2) is 18.7 Å². The van der Waals surface area contributed by atoms with Crippen LogP contribution in [-0.2, 0) is 11.2 Å². The van der Waals surface area contributed by atoms with E-state index in [-0.39, 0.29) is 0 Å². The number of benzene rings is 1. The van der Waals surface area contributed by atoms with E-state index in [0.717, 1.165) is 27.0 Å². The minimum atomic E-state index is 0.627. The van der Waals surface area contributed by atoms with Crippen LogP contribution in [0.3, 0.4) is 0 Å². The molecule has 2 rings (SSSR count). The quantitative estimate of drug-likeness (QED) is 0.866. The molecular weight excluding hydrogens is 270 g/mol. The molecule has 0 bridgehead atoms. The molecule has 4 heteroatoms. The van der Waals surface area contributed by atoms with Crippen molar-refractivity contribution in [3.8, 4) is 0 Å². The van der Waals surface area contributed by atoms with Crippen molar-refractivity contribution in [2.75, 3.05) is 13.7 Å². The number of aryl methyl sites for hydroxylation is 2. The molecule has 0 unspecified atom stereocenters. The van der Waals surface area contributed by atoms with Gasteiger partial charge in [0.15, 0.2) is 11.5 Å². The number of aromatic nitrogens is 1. The van der Waals surface area contributed by atoms with E-state index in [0.29, 0.717) is 13.0 Å². The molecule has 1 aromatic heterocycles. The molecule has 0 aliphatic carbocycles. The number of oxazole rings is 1. The average Bonchev–Trinajstić information content (AvgIpc) is 2.68. The number of fused-ring (bicyclic) bond motifs is 1. The lowest BCUT2D eigenvalue weighted by molar-refractivity contribution is 0.196. The molecule has 0 spiro atoms. The van der Waals surface area contributed by atoms with Crippen molar-refractivity contribution in [2.24, 2.45) is 0 Å². The second kappa shape index (κ2) is 4.55. The van der Waals surface area contributed by atoms with Crippen molar-refractivity contribution in [3.63, 3.8) is 0 Å². The van der Waals surface area contributed by atoms with Crippen molar-refractivity contribution in [1.82, 2.24) is 4.98 Å². The fraction of sp³-hybridized carbons (Fsp3) is 0.417. The Morgan fingerprint density at radius 1 is 1.38 bits per heavy atom. The lowest BCUT2D eigenvalue weighted by atomic mass is 10.1. The van der Waals surface area contributed by atoms with Gasteiger partial charge in [-0.3, -0.25) is 0 Å². The Morgan fingerprint density at radius 3 is 2.81 bits per heavy atom. The molecule has 0 aliphatic rings. The summed E-state index contributed by atoms with van der Waals surface area (Å²) in [5.74, 6) is 0.728. The molecule has 0 N–H and O–H groups in total. The number of rotatable bonds is 3. The van der Waals surface area contributed by atoms with Crippen molar-refractivity contribution in [3.05, 3.63) is 27.6 Å². The van der Waals surface area contributed by atoms with Crippen LogP contribution in [0.1, 0.15) is 17.0 Å². The lowest BCUT2D eigenvalue weighted by Gasteiger charge is -2.00. The topological polar surface area (TPSA) is 35.3 Å². The van der Waals surface area contributed by atoms with Crippen LogP contribution in [0.5, 0.6) is 0 Å². The van der Waals surface area contributed by atoms with Crippen molar-refractivity contribution < 1.29 is 9.15 Å². The molecule has 0 saturated heterocycles. The summed E-state index contributed by atoms with van der Waals surface area (Å²) in [6.45, 7) is 4.72. The zero-order valence-electron chi connectivity index (χ0n) is 9.63. The zero-order chi connectivity index (χ0) is 11.7. The second-order valence-corrected chi connectivity index (χ2v) is 4.65. The molecule has 2 aromatic rings. The van der Waals surface area contributed by atoms with Gasteiger partial charge >= 0.3 is 0 Å². The monoisotopic (exact) mass is 283 g/mol. The minimum absolute atomic E-state index is 0.627. The van der Waals surface area contributed by atoms with E-state index in [2.05, 4.69) is 27.0 Å². The highest BCUT2D eigenvalue weighted by atomic mass is 79.9. The van der Waals surface area contributed by atoms with E-state index in [1.807, 2.05) is 13.8 Å². The van der Waals surface area contributed by atoms with Crippen LogP contribution in [0, 0.1) is 13.8 Å². The first kappa shape index (κ1) is 11.6. The summed E-state index contributed by atoms with van der Waals surface area (Å²) >= 11 is 3.53. The maximum Gasteiger partial charge on any atom is 0.197 e. The average molecular weight is 284 g/mol. The highest BCUT2D eigenvalue weighted by Crippen LogP contribution is 2.30. The minimum Gasteiger partial charge on any atom is -0.439 e. The van der Waals surface area contributed by atoms with Crippen molar-refractivity contribution in [1.29, 1.82) is 0 Å². The number of hydrogen-bond acceptors (Lipinski definition) is 3. The van der Waals surface area contributed by atoms with Gasteiger partial charge in [-0.2, -0.15) is 0 Å². The SMILES string of the molecule is COCCc1nc2c(C)cc(C)c(Br)c2o1. The van der Waals surface area contributed by atoms with E-state index in [4.69, 9.17) is 9.15 Å². The maximum atomic E-state index is 5.72. The summed E-state index contributed by atoms with van der Waals surface area (Å²) in [4.78, 5) is 4.48. The van der Waals surface area contributed by atoms with E-state index >= 15 is 0 Å². The summed E-state index contributed by atoms with van der Waals surface area (Å²) < 4.78 is 11.7. The number of methoxy groups -OCH3 is 1. The predicted octanol–water partition coefficient (Wildman–Crippen LogP) is 3.40. The van der Waals surface area contributed by atoms with Gasteiger partial charge in [-0.25, -0.2) is 4.98 Å². The maximum absolute atomic E-state index is 5.72. The Bertz CT molecular complexity index is 519. The molecule has 0 saturated carbocycles. The van der Waals surface area contributed by atoms with Gasteiger partial charge in [0.05, 0.1) is 11.1 Å². The van der Waals surface area contributed by atoms with Gasteiger partial charge < -0.3 is 9.15 Å². The molecule has 0 aliphatic heterocycles. The van der Waals surface area contributed by atoms with E-state index in [1.165, 1.54) is 5.56 Å². The standard InChI is InChI=1S/C12H14BrNO2/c1-7-6-8(2)11-12(10(7)13)16-9(14-11)4-5-15-3/h6H,4-5H2,1-3H3. The van der Waals surface area contributed by atoms with Gasteiger partial charge in [0.1, 0.15) is 5.52 Å². The highest BCUT2D eigenvalue weighted by Gasteiger charge is 2.13. The Kier molecular flexibility index (Phi) is 3.30. The third-order valence-corrected chi connectivity index (χ3v) is 3.53. The van der Waals surface area contributed by atoms with E-state index in [9.17, 15) is 0 Å². The number of halogens is 1. The normalized spacial score (nSPS) is 11.2. The molecule has 1 heterocycles. The van der Waals surface area contributed by atoms with Crippen molar-refractivity contribution >= 4 is 27.0 Å². The van der Waals surface area contributed by atoms with Crippen LogP contribution >= 0.6 is 15.9 Å². The Balaban J connectivity index is 2.52. The fourth-order valence-corrected chi connectivity index (χ4v) is 2.10. The Morgan fingerprint density at radius 2 is 2.12 bits per heavy atom. The molecular formula is C12H14BrNO2. The van der Waals surface area contributed by atoms with Gasteiger partial charge in [0.2, 0.25) is 0 Å². The molecule has 86 valence electrons. The van der Waals surface area contributed by atoms with E-state index < -0.39 is 0 Å². The summed E-state index contributed by atoms with van der Waals surface area (Å²) in [6.07, 6.45) is 0.704. The lowest BCUT2D eigenvalue weighted by Crippen LogP contribution is -1.93. The van der Waals surface area contributed by atoms with Crippen LogP contribution in [0.4, 0.5) is 0 Å². The number of hydrogen-bond donors (Lipinski definition) is 0. The molecule has 1 aromatic carbocycles. The third-order valence-electron chi connectivity index (χ3n) is 2.54. The second-order valence-electron chi connectivity index (χ2n) is 3.85. The summed E-state index contributed by atoms with van der Waals surface area (Å²) in [6, 6.07) is 2.11. The molecule has 0 atom stereocenters. The van der Waals surface area contributed by atoms with Gasteiger partial charge in [-0.15, -0.1) is 0 Å². The largest absolute Gasteiger partial charge is 0.439 e. The summed E-state index contributed by atoms with van der Waals surface area (Å²) in [5, 5.41) is 0. The van der Waals surface area contributed by atoms with Gasteiger partial charge in [0.25, 0.3) is 0 Å². The van der Waals surface area contributed by atoms with Gasteiger partial charge in [0, 0.05) is 13.5 Å². The summed E-state index contributed by atoms with van der Waals surface area (Å²) in [5.41, 5.74) is 4.08. The molecule has 0 radical (unpaired) electrons. The molecule has 0 fully saturated rings. The van der Waals surface area contributed by atoms with Crippen LogP contribution in [0.15, 0.2) is 15.0 Å². The van der Waals surface area contributed by atoms with Crippen molar-refractivity contribution in [2.45, 2.75) is 20.3 Å². The third kappa shape index (κ3) is 1.99. The Hall–Kier alpha value is -0.870. The number of nitrogens with zero attached hydrogens (tertiary/aromatic N) is 1.